The predicted octanol–water partition coefficient (Wildman–Crippen LogP) is 4.31. The van der Waals surface area contributed by atoms with E-state index in [2.05, 4.69) is 32.0 Å². The van der Waals surface area contributed by atoms with Crippen molar-refractivity contribution < 1.29 is 14.3 Å². The second-order valence-corrected chi connectivity index (χ2v) is 7.87. The van der Waals surface area contributed by atoms with Crippen LogP contribution in [0.5, 0.6) is 0 Å². The van der Waals surface area contributed by atoms with Gasteiger partial charge in [-0.15, -0.1) is 0 Å². The van der Waals surface area contributed by atoms with Gasteiger partial charge in [-0.05, 0) is 68.7 Å². The van der Waals surface area contributed by atoms with Crippen molar-refractivity contribution in [2.45, 2.75) is 32.4 Å². The van der Waals surface area contributed by atoms with E-state index >= 15 is 0 Å². The van der Waals surface area contributed by atoms with Gasteiger partial charge in [-0.2, -0.15) is 0 Å². The molecule has 2 aromatic carbocycles. The van der Waals surface area contributed by atoms with Crippen LogP contribution in [0, 0.1) is 19.8 Å². The van der Waals surface area contributed by atoms with Gasteiger partial charge in [0.25, 0.3) is 0 Å². The minimum absolute atomic E-state index is 0.0236. The summed E-state index contributed by atoms with van der Waals surface area (Å²) in [5, 5.41) is 0. The number of anilines is 1. The van der Waals surface area contributed by atoms with E-state index in [1.165, 1.54) is 28.8 Å². The Morgan fingerprint density at radius 1 is 1.00 bits per heavy atom. The minimum Gasteiger partial charge on any atom is -0.347 e. The zero-order valence-electron chi connectivity index (χ0n) is 16.8. The van der Waals surface area contributed by atoms with E-state index in [4.69, 9.17) is 4.74 Å². The molecule has 0 bridgehead atoms. The van der Waals surface area contributed by atoms with Crippen LogP contribution in [-0.4, -0.2) is 24.0 Å². The van der Waals surface area contributed by atoms with Gasteiger partial charge in [0.1, 0.15) is 0 Å². The molecule has 1 aliphatic carbocycles. The zero-order chi connectivity index (χ0) is 20.4. The fraction of sp³-hybridized carbons (Fsp3) is 0.280. The highest BCUT2D eigenvalue weighted by Gasteiger charge is 2.46. The van der Waals surface area contributed by atoms with Gasteiger partial charge in [0.15, 0.2) is 11.5 Å². The summed E-state index contributed by atoms with van der Waals surface area (Å²) in [6.45, 7) is 4.51. The van der Waals surface area contributed by atoms with Crippen LogP contribution in [0.3, 0.4) is 0 Å². The molecule has 0 aromatic heterocycles. The number of amides is 1. The Morgan fingerprint density at radius 2 is 1.66 bits per heavy atom. The molecule has 2 aliphatic rings. The maximum Gasteiger partial charge on any atom is 0.235 e. The zero-order valence-corrected chi connectivity index (χ0v) is 16.8. The summed E-state index contributed by atoms with van der Waals surface area (Å²) in [5.41, 5.74) is 3.43. The van der Waals surface area contributed by atoms with Crippen LogP contribution < -0.4 is 4.90 Å². The van der Waals surface area contributed by atoms with Crippen LogP contribution in [-0.2, 0) is 20.7 Å². The number of carbonyl (C=O) groups is 2. The first-order chi connectivity index (χ1) is 14.0. The summed E-state index contributed by atoms with van der Waals surface area (Å²) in [7, 11) is 0. The van der Waals surface area contributed by atoms with Crippen LogP contribution in [0.25, 0.3) is 0 Å². The molecule has 4 rings (SSSR count). The first-order valence-corrected chi connectivity index (χ1v) is 9.99. The number of benzene rings is 2. The minimum atomic E-state index is -1.04. The van der Waals surface area contributed by atoms with Gasteiger partial charge in [0.2, 0.25) is 5.91 Å². The fourth-order valence-electron chi connectivity index (χ4n) is 4.15. The third-order valence-electron chi connectivity index (χ3n) is 5.48. The third-order valence-corrected chi connectivity index (χ3v) is 5.48. The summed E-state index contributed by atoms with van der Waals surface area (Å²) in [5.74, 6) is -0.312. The molecular formula is C25H25NO3. The second kappa shape index (κ2) is 7.80. The molecule has 1 aliphatic heterocycles. The maximum atomic E-state index is 13.5. The topological polar surface area (TPSA) is 46.6 Å². The lowest BCUT2D eigenvalue weighted by atomic mass is 9.92. The van der Waals surface area contributed by atoms with Gasteiger partial charge in [0.05, 0.1) is 12.5 Å². The lowest BCUT2D eigenvalue weighted by molar-refractivity contribution is -0.138. The monoisotopic (exact) mass is 387 g/mol. The number of carbonyl (C=O) groups excluding carboxylic acids is 2. The van der Waals surface area contributed by atoms with E-state index in [1.54, 1.807) is 17.1 Å². The predicted molar refractivity (Wildman–Crippen MR) is 114 cm³/mol. The molecule has 2 aromatic rings. The number of para-hydroxylation sites is 1. The van der Waals surface area contributed by atoms with Crippen LogP contribution in [0.4, 0.5) is 5.69 Å². The van der Waals surface area contributed by atoms with Crippen molar-refractivity contribution in [1.29, 1.82) is 0 Å². The normalized spacial score (nSPS) is 20.5. The van der Waals surface area contributed by atoms with E-state index in [0.29, 0.717) is 13.0 Å². The summed E-state index contributed by atoms with van der Waals surface area (Å²) in [6.07, 6.45) is 7.84. The van der Waals surface area contributed by atoms with E-state index in [1.807, 2.05) is 30.3 Å². The van der Waals surface area contributed by atoms with Crippen molar-refractivity contribution in [3.05, 3.63) is 89.5 Å². The number of hydrogen-bond acceptors (Lipinski definition) is 3. The van der Waals surface area contributed by atoms with Crippen molar-refractivity contribution in [1.82, 2.24) is 0 Å². The third kappa shape index (κ3) is 3.94. The lowest BCUT2D eigenvalue weighted by Gasteiger charge is -2.46. The smallest absolute Gasteiger partial charge is 0.235 e. The van der Waals surface area contributed by atoms with Gasteiger partial charge in [-0.3, -0.25) is 14.5 Å². The van der Waals surface area contributed by atoms with Crippen LogP contribution >= 0.6 is 0 Å². The van der Waals surface area contributed by atoms with E-state index in [9.17, 15) is 9.59 Å². The Kier molecular flexibility index (Phi) is 5.20. The molecule has 29 heavy (non-hydrogen) atoms. The molecule has 1 saturated heterocycles. The van der Waals surface area contributed by atoms with Gasteiger partial charge in [-0.1, -0.05) is 47.5 Å². The van der Waals surface area contributed by atoms with Crippen molar-refractivity contribution in [3.63, 3.8) is 0 Å². The van der Waals surface area contributed by atoms with Gasteiger partial charge in [-0.25, -0.2) is 0 Å². The molecule has 4 heteroatoms. The average Bonchev–Trinajstić information content (AvgIpc) is 2.70. The van der Waals surface area contributed by atoms with Gasteiger partial charge < -0.3 is 4.74 Å². The van der Waals surface area contributed by atoms with Crippen molar-refractivity contribution in [2.75, 3.05) is 11.5 Å². The number of hydrogen-bond donors (Lipinski definition) is 0. The van der Waals surface area contributed by atoms with E-state index in [-0.39, 0.29) is 17.6 Å². The van der Waals surface area contributed by atoms with E-state index in [0.717, 1.165) is 12.1 Å². The second-order valence-electron chi connectivity index (χ2n) is 7.87. The van der Waals surface area contributed by atoms with Crippen molar-refractivity contribution in [3.8, 4) is 0 Å². The molecule has 1 unspecified atom stereocenters. The number of rotatable bonds is 4. The summed E-state index contributed by atoms with van der Waals surface area (Å²) < 4.78 is 6.22. The number of allylic oxidation sites excluding steroid dienone is 2. The molecule has 1 heterocycles. The molecule has 1 spiro atoms. The van der Waals surface area contributed by atoms with Crippen molar-refractivity contribution >= 4 is 17.4 Å². The lowest BCUT2D eigenvalue weighted by Crippen LogP contribution is -2.59. The molecule has 148 valence electrons. The van der Waals surface area contributed by atoms with Crippen LogP contribution in [0.15, 0.2) is 72.8 Å². The number of ether oxygens (including phenoxy) is 1. The fourth-order valence-corrected chi connectivity index (χ4v) is 4.15. The van der Waals surface area contributed by atoms with Gasteiger partial charge in [0, 0.05) is 5.69 Å². The van der Waals surface area contributed by atoms with Crippen LogP contribution in [0.1, 0.15) is 23.1 Å². The summed E-state index contributed by atoms with van der Waals surface area (Å²) in [6, 6.07) is 16.0. The first-order valence-electron chi connectivity index (χ1n) is 9.99. The standard InChI is InChI=1S/C25H25NO3/c1-18-14-19(2)16-20(15-18)8-9-21-17-29-25(12-10-23(27)11-13-25)26(24(21)28)22-6-4-3-5-7-22/h3-7,10-16,21H,8-9,17H2,1-2H3. The highest BCUT2D eigenvalue weighted by Crippen LogP contribution is 2.36. The Balaban J connectivity index is 1.60. The van der Waals surface area contributed by atoms with Crippen LogP contribution in [0.2, 0.25) is 0 Å². The summed E-state index contributed by atoms with van der Waals surface area (Å²) in [4.78, 5) is 26.9. The molecule has 0 saturated carbocycles. The number of aryl methyl sites for hydroxylation is 3. The average molecular weight is 387 g/mol. The molecule has 1 fully saturated rings. The largest absolute Gasteiger partial charge is 0.347 e. The Morgan fingerprint density at radius 3 is 2.31 bits per heavy atom. The Labute approximate surface area is 171 Å². The summed E-state index contributed by atoms with van der Waals surface area (Å²) >= 11 is 0. The quantitative estimate of drug-likeness (QED) is 0.785. The Bertz CT molecular complexity index is 954. The molecule has 0 radical (unpaired) electrons. The number of ketones is 1. The van der Waals surface area contributed by atoms with E-state index < -0.39 is 5.72 Å². The molecule has 1 amide bonds. The number of nitrogens with zero attached hydrogens (tertiary/aromatic N) is 1. The molecular weight excluding hydrogens is 362 g/mol. The maximum absolute atomic E-state index is 13.5. The highest BCUT2D eigenvalue weighted by atomic mass is 16.5. The van der Waals surface area contributed by atoms with Gasteiger partial charge >= 0.3 is 0 Å². The highest BCUT2D eigenvalue weighted by molar-refractivity contribution is 6.03. The Hall–Kier alpha value is -2.98. The molecule has 4 nitrogen and oxygen atoms in total. The first kappa shape index (κ1) is 19.3. The molecule has 1 atom stereocenters. The molecule has 0 N–H and O–H groups in total. The SMILES string of the molecule is Cc1cc(C)cc(CCC2COC3(C=CC(=O)C=C3)N(c3ccccc3)C2=O)c1. The van der Waals surface area contributed by atoms with Crippen molar-refractivity contribution in [2.24, 2.45) is 5.92 Å².